The van der Waals surface area contributed by atoms with E-state index in [1.54, 1.807) is 0 Å². The van der Waals surface area contributed by atoms with Crippen molar-refractivity contribution in [3.05, 3.63) is 17.0 Å². The van der Waals surface area contributed by atoms with E-state index in [0.717, 1.165) is 0 Å². The van der Waals surface area contributed by atoms with E-state index in [9.17, 15) is 5.11 Å². The van der Waals surface area contributed by atoms with E-state index in [1.165, 1.54) is 6.26 Å². The minimum Gasteiger partial charge on any atom is -0.392 e. The van der Waals surface area contributed by atoms with Crippen molar-refractivity contribution >= 4 is 11.6 Å². The van der Waals surface area contributed by atoms with Crippen LogP contribution < -0.4 is 5.32 Å². The van der Waals surface area contributed by atoms with E-state index in [1.807, 2.05) is 14.0 Å². The zero-order chi connectivity index (χ0) is 10.6. The van der Waals surface area contributed by atoms with Crippen molar-refractivity contribution < 1.29 is 9.63 Å². The standard InChI is InChI=1S/C9H15ClN2O2/c1-3-8(13)6(4-11-2)9-7(10)5-14-12-9/h5-6,8,11,13H,3-4H2,1-2H3/t6-,8+/m0/s1. The maximum absolute atomic E-state index is 9.76. The van der Waals surface area contributed by atoms with Crippen LogP contribution in [0, 0.1) is 0 Å². The van der Waals surface area contributed by atoms with Crippen LogP contribution >= 0.6 is 11.6 Å². The van der Waals surface area contributed by atoms with Gasteiger partial charge in [0.25, 0.3) is 0 Å². The maximum Gasteiger partial charge on any atom is 0.142 e. The van der Waals surface area contributed by atoms with Crippen LogP contribution in [0.1, 0.15) is 25.0 Å². The van der Waals surface area contributed by atoms with Crippen LogP contribution in [-0.4, -0.2) is 30.0 Å². The molecule has 1 aromatic rings. The van der Waals surface area contributed by atoms with E-state index in [-0.39, 0.29) is 5.92 Å². The Morgan fingerprint density at radius 1 is 1.71 bits per heavy atom. The van der Waals surface area contributed by atoms with Gasteiger partial charge in [0.15, 0.2) is 0 Å². The first-order valence-corrected chi connectivity index (χ1v) is 5.00. The number of aliphatic hydroxyl groups excluding tert-OH is 1. The second-order valence-electron chi connectivity index (χ2n) is 3.19. The summed E-state index contributed by atoms with van der Waals surface area (Å²) in [4.78, 5) is 0. The van der Waals surface area contributed by atoms with Crippen molar-refractivity contribution in [1.82, 2.24) is 10.5 Å². The highest BCUT2D eigenvalue weighted by Crippen LogP contribution is 2.26. The first kappa shape index (κ1) is 11.5. The number of hydrogen-bond acceptors (Lipinski definition) is 4. The van der Waals surface area contributed by atoms with Gasteiger partial charge in [-0.3, -0.25) is 0 Å². The zero-order valence-corrected chi connectivity index (χ0v) is 9.08. The molecular weight excluding hydrogens is 204 g/mol. The molecule has 0 aromatic carbocycles. The third kappa shape index (κ3) is 2.47. The topological polar surface area (TPSA) is 58.3 Å². The molecule has 0 aliphatic rings. The summed E-state index contributed by atoms with van der Waals surface area (Å²) in [6, 6.07) is 0. The van der Waals surface area contributed by atoms with Gasteiger partial charge in [0, 0.05) is 12.5 Å². The Labute approximate surface area is 88.2 Å². The summed E-state index contributed by atoms with van der Waals surface area (Å²) in [5.41, 5.74) is 0.621. The van der Waals surface area contributed by atoms with Crippen LogP contribution in [0.15, 0.2) is 10.8 Å². The molecule has 0 bridgehead atoms. The van der Waals surface area contributed by atoms with Crippen molar-refractivity contribution in [1.29, 1.82) is 0 Å². The van der Waals surface area contributed by atoms with Gasteiger partial charge in [-0.05, 0) is 13.5 Å². The average Bonchev–Trinajstić information content (AvgIpc) is 2.60. The highest BCUT2D eigenvalue weighted by molar-refractivity contribution is 6.31. The average molecular weight is 219 g/mol. The van der Waals surface area contributed by atoms with Crippen molar-refractivity contribution in [3.8, 4) is 0 Å². The van der Waals surface area contributed by atoms with E-state index < -0.39 is 6.10 Å². The lowest BCUT2D eigenvalue weighted by atomic mass is 9.97. The highest BCUT2D eigenvalue weighted by Gasteiger charge is 2.24. The number of hydrogen-bond donors (Lipinski definition) is 2. The van der Waals surface area contributed by atoms with E-state index in [4.69, 9.17) is 16.1 Å². The Hall–Kier alpha value is -0.580. The van der Waals surface area contributed by atoms with Gasteiger partial charge in [0.05, 0.1) is 6.10 Å². The zero-order valence-electron chi connectivity index (χ0n) is 8.33. The van der Waals surface area contributed by atoms with Gasteiger partial charge >= 0.3 is 0 Å². The van der Waals surface area contributed by atoms with Gasteiger partial charge in [-0.15, -0.1) is 0 Å². The number of rotatable bonds is 5. The summed E-state index contributed by atoms with van der Waals surface area (Å²) >= 11 is 5.88. The summed E-state index contributed by atoms with van der Waals surface area (Å²) in [5.74, 6) is -0.115. The molecule has 2 N–H and O–H groups in total. The lowest BCUT2D eigenvalue weighted by Crippen LogP contribution is -2.27. The predicted octanol–water partition coefficient (Wildman–Crippen LogP) is 1.40. The Bertz CT molecular complexity index is 278. The van der Waals surface area contributed by atoms with Crippen molar-refractivity contribution in [2.24, 2.45) is 0 Å². The molecule has 0 aliphatic carbocycles. The number of likely N-dealkylation sites (N-methyl/N-ethyl adjacent to an activating group) is 1. The molecule has 14 heavy (non-hydrogen) atoms. The molecule has 0 fully saturated rings. The number of nitrogens with one attached hydrogen (secondary N) is 1. The molecule has 0 spiro atoms. The Morgan fingerprint density at radius 2 is 2.43 bits per heavy atom. The molecule has 4 nitrogen and oxygen atoms in total. The molecule has 2 atom stereocenters. The summed E-state index contributed by atoms with van der Waals surface area (Å²) in [5, 5.41) is 17.0. The molecule has 0 saturated carbocycles. The normalized spacial score (nSPS) is 15.4. The number of aliphatic hydroxyl groups is 1. The first-order valence-electron chi connectivity index (χ1n) is 4.63. The monoisotopic (exact) mass is 218 g/mol. The van der Waals surface area contributed by atoms with Gasteiger partial charge in [0.1, 0.15) is 17.0 Å². The first-order chi connectivity index (χ1) is 6.70. The van der Waals surface area contributed by atoms with Gasteiger partial charge in [-0.25, -0.2) is 0 Å². The fraction of sp³-hybridized carbons (Fsp3) is 0.667. The van der Waals surface area contributed by atoms with Crippen LogP contribution in [0.3, 0.4) is 0 Å². The molecule has 0 aliphatic heterocycles. The highest BCUT2D eigenvalue weighted by atomic mass is 35.5. The summed E-state index contributed by atoms with van der Waals surface area (Å²) in [6.45, 7) is 2.54. The molecule has 5 heteroatoms. The van der Waals surface area contributed by atoms with Gasteiger partial charge in [0.2, 0.25) is 0 Å². The van der Waals surface area contributed by atoms with Crippen molar-refractivity contribution in [3.63, 3.8) is 0 Å². The number of halogens is 1. The number of nitrogens with zero attached hydrogens (tertiary/aromatic N) is 1. The summed E-state index contributed by atoms with van der Waals surface area (Å²) < 4.78 is 4.75. The quantitative estimate of drug-likeness (QED) is 0.785. The largest absolute Gasteiger partial charge is 0.392 e. The fourth-order valence-electron chi connectivity index (χ4n) is 1.40. The van der Waals surface area contributed by atoms with Crippen LogP contribution in [0.25, 0.3) is 0 Å². The molecule has 0 amide bonds. The van der Waals surface area contributed by atoms with Gasteiger partial charge in [-0.2, -0.15) is 0 Å². The molecule has 0 unspecified atom stereocenters. The molecule has 1 heterocycles. The van der Waals surface area contributed by atoms with Gasteiger partial charge in [-0.1, -0.05) is 23.7 Å². The minimum absolute atomic E-state index is 0.115. The third-order valence-corrected chi connectivity index (χ3v) is 2.49. The third-order valence-electron chi connectivity index (χ3n) is 2.21. The van der Waals surface area contributed by atoms with Crippen LogP contribution in [0.5, 0.6) is 0 Å². The van der Waals surface area contributed by atoms with E-state index in [0.29, 0.717) is 23.7 Å². The van der Waals surface area contributed by atoms with E-state index >= 15 is 0 Å². The Balaban J connectivity index is 2.82. The summed E-state index contributed by atoms with van der Waals surface area (Å²) in [6.07, 6.45) is 1.59. The Kier molecular flexibility index (Phi) is 4.38. The molecule has 80 valence electrons. The SMILES string of the molecule is CC[C@@H](O)[C@H](CNC)c1nocc1Cl. The Morgan fingerprint density at radius 3 is 2.86 bits per heavy atom. The van der Waals surface area contributed by atoms with Crippen LogP contribution in [0.2, 0.25) is 5.02 Å². The lowest BCUT2D eigenvalue weighted by Gasteiger charge is -2.19. The molecular formula is C9H15ClN2O2. The van der Waals surface area contributed by atoms with Gasteiger partial charge < -0.3 is 14.9 Å². The fourth-order valence-corrected chi connectivity index (χ4v) is 1.61. The second-order valence-corrected chi connectivity index (χ2v) is 3.59. The number of aromatic nitrogens is 1. The summed E-state index contributed by atoms with van der Waals surface area (Å²) in [7, 11) is 1.82. The predicted molar refractivity (Wildman–Crippen MR) is 54.5 cm³/mol. The van der Waals surface area contributed by atoms with Crippen LogP contribution in [0.4, 0.5) is 0 Å². The lowest BCUT2D eigenvalue weighted by molar-refractivity contribution is 0.135. The maximum atomic E-state index is 9.76. The smallest absolute Gasteiger partial charge is 0.142 e. The molecule has 0 radical (unpaired) electrons. The molecule has 1 aromatic heterocycles. The van der Waals surface area contributed by atoms with E-state index in [2.05, 4.69) is 10.5 Å². The van der Waals surface area contributed by atoms with Crippen molar-refractivity contribution in [2.45, 2.75) is 25.4 Å². The molecule has 0 saturated heterocycles. The second kappa shape index (κ2) is 5.34. The minimum atomic E-state index is -0.454. The molecule has 1 rings (SSSR count). The van der Waals surface area contributed by atoms with Crippen molar-refractivity contribution in [2.75, 3.05) is 13.6 Å². The van der Waals surface area contributed by atoms with Crippen LogP contribution in [-0.2, 0) is 0 Å².